The number of allylic oxidation sites excluding steroid dienone is 2. The van der Waals surface area contributed by atoms with Gasteiger partial charge in [-0.3, -0.25) is 0 Å². The molecule has 9 aromatic rings. The van der Waals surface area contributed by atoms with Crippen LogP contribution in [-0.2, 0) is 0 Å². The summed E-state index contributed by atoms with van der Waals surface area (Å²) in [5.41, 5.74) is 3.59. The van der Waals surface area contributed by atoms with Gasteiger partial charge in [-0.25, -0.2) is 15.0 Å². The van der Waals surface area contributed by atoms with Gasteiger partial charge in [0.25, 0.3) is 0 Å². The molecule has 0 fully saturated rings. The fourth-order valence-electron chi connectivity index (χ4n) is 5.81. The molecule has 6 aromatic carbocycles. The van der Waals surface area contributed by atoms with E-state index in [4.69, 9.17) is 33.4 Å². The van der Waals surface area contributed by atoms with Crippen molar-refractivity contribution in [3.8, 4) is 45.3 Å². The highest BCUT2D eigenvalue weighted by molar-refractivity contribution is 6.15. The molecule has 3 aromatic heterocycles. The molecule has 5 nitrogen and oxygen atoms in total. The molecule has 0 bridgehead atoms. The minimum absolute atomic E-state index is 0.0859. The van der Waals surface area contributed by atoms with Crippen LogP contribution in [0.4, 0.5) is 0 Å². The van der Waals surface area contributed by atoms with Crippen molar-refractivity contribution in [3.63, 3.8) is 0 Å². The van der Waals surface area contributed by atoms with Gasteiger partial charge in [-0.2, -0.15) is 0 Å². The van der Waals surface area contributed by atoms with Crippen molar-refractivity contribution in [2.45, 2.75) is 0 Å². The highest BCUT2D eigenvalue weighted by atomic mass is 16.3. The summed E-state index contributed by atoms with van der Waals surface area (Å²) < 4.78 is 91.6. The summed E-state index contributed by atoms with van der Waals surface area (Å²) in [6.45, 7) is 3.80. The Labute approximate surface area is 288 Å². The lowest BCUT2D eigenvalue weighted by Crippen LogP contribution is -2.01. The number of aromatic nitrogens is 3. The second-order valence-corrected chi connectivity index (χ2v) is 11.0. The van der Waals surface area contributed by atoms with E-state index < -0.39 is 48.3 Å². The minimum atomic E-state index is -0.570. The monoisotopic (exact) mass is 626 g/mol. The molecule has 226 valence electrons. The zero-order valence-electron chi connectivity index (χ0n) is 34.1. The molecule has 0 radical (unpaired) electrons. The van der Waals surface area contributed by atoms with Crippen LogP contribution in [0.2, 0.25) is 0 Å². The van der Waals surface area contributed by atoms with Gasteiger partial charge in [0.1, 0.15) is 16.7 Å². The first kappa shape index (κ1) is 19.8. The van der Waals surface area contributed by atoms with E-state index in [9.17, 15) is 2.74 Å². The van der Waals surface area contributed by atoms with Crippen molar-refractivity contribution in [1.29, 1.82) is 0 Å². The molecule has 0 N–H and O–H groups in total. The van der Waals surface area contributed by atoms with Gasteiger partial charge in [0.2, 0.25) is 0 Å². The Morgan fingerprint density at radius 3 is 2.21 bits per heavy atom. The molecule has 3 heterocycles. The fourth-order valence-corrected chi connectivity index (χ4v) is 5.81. The normalized spacial score (nSPS) is 14.4. The van der Waals surface area contributed by atoms with E-state index in [1.807, 2.05) is 78.9 Å². The molecule has 48 heavy (non-hydrogen) atoms. The van der Waals surface area contributed by atoms with Gasteiger partial charge < -0.3 is 8.83 Å². The Morgan fingerprint density at radius 2 is 1.40 bits per heavy atom. The van der Waals surface area contributed by atoms with Crippen LogP contribution in [0.25, 0.3) is 95.0 Å². The molecule has 5 heteroatoms. The first-order valence-corrected chi connectivity index (χ1v) is 15.1. The Morgan fingerprint density at radius 1 is 0.646 bits per heavy atom. The van der Waals surface area contributed by atoms with E-state index in [2.05, 4.69) is 6.58 Å². The topological polar surface area (TPSA) is 65.0 Å². The number of hydrogen-bond acceptors (Lipinski definition) is 5. The molecule has 0 spiro atoms. The highest BCUT2D eigenvalue weighted by Crippen LogP contribution is 2.39. The Kier molecular flexibility index (Phi) is 4.68. The van der Waals surface area contributed by atoms with Crippen molar-refractivity contribution in [2.24, 2.45) is 0 Å². The Bertz CT molecular complexity index is 3200. The van der Waals surface area contributed by atoms with Gasteiger partial charge in [0.15, 0.2) is 17.5 Å². The third-order valence-corrected chi connectivity index (χ3v) is 8.04. The first-order valence-electron chi connectivity index (χ1n) is 19.6. The largest absolute Gasteiger partial charge is 0.464 e. The lowest BCUT2D eigenvalue weighted by molar-refractivity contribution is 0.615. The van der Waals surface area contributed by atoms with E-state index in [-0.39, 0.29) is 61.8 Å². The number of fused-ring (bicyclic) bond motifs is 6. The minimum Gasteiger partial charge on any atom is -0.464 e. The van der Waals surface area contributed by atoms with Crippen molar-refractivity contribution >= 4 is 49.8 Å². The van der Waals surface area contributed by atoms with Crippen LogP contribution in [0.5, 0.6) is 0 Å². The van der Waals surface area contributed by atoms with E-state index in [0.717, 1.165) is 16.7 Å². The quantitative estimate of drug-likeness (QED) is 0.172. The van der Waals surface area contributed by atoms with Gasteiger partial charge in [0, 0.05) is 43.8 Å². The van der Waals surface area contributed by atoms with Crippen molar-refractivity contribution in [2.75, 3.05) is 0 Å². The summed E-state index contributed by atoms with van der Waals surface area (Å²) in [5, 5.41) is 0.132. The molecule has 0 unspecified atom stereocenters. The van der Waals surface area contributed by atoms with Gasteiger partial charge in [-0.05, 0) is 52.8 Å². The average Bonchev–Trinajstić information content (AvgIpc) is 3.84. The number of benzene rings is 6. The molecule has 0 saturated carbocycles. The standard InChI is InChI=1S/C43H27N3O2/c1-2-3-12-31-26-47-38-25-32(27-13-6-4-7-14-27)24-36(39(31)38)43-45-41(29-16-8-5-9-17-29)44-42(46-43)30-20-22-37-35(23-30)34-21-19-28-15-10-11-18-33(28)40(34)48-37/h2-26H,1H2/b12-3-/i10D,11D,15D,18D,19D,20D,21D,22D,23D. The maximum absolute atomic E-state index is 9.58. The zero-order chi connectivity index (χ0) is 39.9. The van der Waals surface area contributed by atoms with Crippen LogP contribution >= 0.6 is 0 Å². The molecular weight excluding hydrogens is 590 g/mol. The summed E-state index contributed by atoms with van der Waals surface area (Å²) in [5.74, 6) is 0.305. The molecular formula is C43H27N3O2. The summed E-state index contributed by atoms with van der Waals surface area (Å²) in [6, 6.07) is 18.3. The lowest BCUT2D eigenvalue weighted by Gasteiger charge is -2.11. The van der Waals surface area contributed by atoms with E-state index in [0.29, 0.717) is 22.1 Å². The molecule has 0 amide bonds. The van der Waals surface area contributed by atoms with Crippen molar-refractivity contribution < 1.29 is 21.2 Å². The summed E-state index contributed by atoms with van der Waals surface area (Å²) >= 11 is 0. The third kappa shape index (κ3) is 4.68. The maximum atomic E-state index is 9.58. The molecule has 0 atom stereocenters. The van der Waals surface area contributed by atoms with Crippen LogP contribution in [0.1, 0.15) is 17.9 Å². The number of hydrogen-bond donors (Lipinski definition) is 0. The van der Waals surface area contributed by atoms with Crippen LogP contribution < -0.4 is 0 Å². The molecule has 0 saturated heterocycles. The summed E-state index contributed by atoms with van der Waals surface area (Å²) in [7, 11) is 0. The molecule has 0 aliphatic heterocycles. The number of furan rings is 2. The van der Waals surface area contributed by atoms with E-state index in [1.54, 1.807) is 18.4 Å². The average molecular weight is 627 g/mol. The smallest absolute Gasteiger partial charge is 0.164 e. The van der Waals surface area contributed by atoms with E-state index >= 15 is 0 Å². The van der Waals surface area contributed by atoms with Crippen molar-refractivity contribution in [1.82, 2.24) is 15.0 Å². The first-order chi connectivity index (χ1) is 27.5. The van der Waals surface area contributed by atoms with Crippen LogP contribution in [0.3, 0.4) is 0 Å². The van der Waals surface area contributed by atoms with Gasteiger partial charge in [-0.1, -0.05) is 116 Å². The maximum Gasteiger partial charge on any atom is 0.164 e. The number of nitrogens with zero attached hydrogens (tertiary/aromatic N) is 3. The lowest BCUT2D eigenvalue weighted by atomic mass is 9.97. The van der Waals surface area contributed by atoms with Crippen LogP contribution in [-0.4, -0.2) is 15.0 Å². The predicted octanol–water partition coefficient (Wildman–Crippen LogP) is 11.5. The van der Waals surface area contributed by atoms with Crippen LogP contribution in [0, 0.1) is 0 Å². The third-order valence-electron chi connectivity index (χ3n) is 8.04. The van der Waals surface area contributed by atoms with Gasteiger partial charge >= 0.3 is 0 Å². The second kappa shape index (κ2) is 11.3. The molecule has 0 aliphatic carbocycles. The van der Waals surface area contributed by atoms with E-state index in [1.165, 1.54) is 0 Å². The SMILES string of the molecule is [2H]c1c(-c2nc(-c3ccccc3)nc(-c3cc(-c4ccccc4)cc4occ(/C=C\C=C)c34)n2)c([2H])c2c(oc3c4c([2H])c([2H])c([2H])c([2H])c4c([2H])c([2H])c32)c1[2H]. The van der Waals surface area contributed by atoms with Gasteiger partial charge in [-0.15, -0.1) is 0 Å². The summed E-state index contributed by atoms with van der Waals surface area (Å²) in [4.78, 5) is 14.6. The summed E-state index contributed by atoms with van der Waals surface area (Å²) in [6.07, 6.45) is 6.90. The molecule has 9 rings (SSSR count). The second-order valence-electron chi connectivity index (χ2n) is 11.0. The number of rotatable bonds is 6. The molecule has 0 aliphatic rings. The fraction of sp³-hybridized carbons (Fsp3) is 0. The zero-order valence-corrected chi connectivity index (χ0v) is 25.1. The predicted molar refractivity (Wildman–Crippen MR) is 195 cm³/mol. The van der Waals surface area contributed by atoms with Gasteiger partial charge in [0.05, 0.1) is 18.6 Å². The highest BCUT2D eigenvalue weighted by Gasteiger charge is 2.20. The van der Waals surface area contributed by atoms with Crippen LogP contribution in [0.15, 0.2) is 161 Å². The van der Waals surface area contributed by atoms with Crippen molar-refractivity contribution in [3.05, 3.63) is 158 Å². The Hall–Kier alpha value is -6.59. The Balaban J connectivity index is 1.39.